The van der Waals surface area contributed by atoms with E-state index in [2.05, 4.69) is 0 Å². The van der Waals surface area contributed by atoms with Crippen molar-refractivity contribution < 1.29 is 9.59 Å². The fourth-order valence-electron chi connectivity index (χ4n) is 1.92. The maximum Gasteiger partial charge on any atom is 0.209 e. The minimum absolute atomic E-state index is 0.0188. The SMILES string of the molecule is Cc1ccc(C(=O)c2ccc(CC=O)n2C)cc1. The second-order valence-corrected chi connectivity index (χ2v) is 4.33. The standard InChI is InChI=1S/C15H15NO2/c1-11-3-5-12(6-4-11)15(18)14-8-7-13(9-10-17)16(14)2/h3-8,10H,9H2,1-2H3. The lowest BCUT2D eigenvalue weighted by Gasteiger charge is -2.05. The van der Waals surface area contributed by atoms with Crippen LogP contribution in [-0.2, 0) is 18.3 Å². The highest BCUT2D eigenvalue weighted by Crippen LogP contribution is 2.14. The number of aldehydes is 1. The molecule has 0 aliphatic heterocycles. The molecule has 0 aliphatic carbocycles. The van der Waals surface area contributed by atoms with Crippen molar-refractivity contribution in [2.45, 2.75) is 13.3 Å². The first-order valence-corrected chi connectivity index (χ1v) is 5.83. The quantitative estimate of drug-likeness (QED) is 0.608. The average Bonchev–Trinajstić information content (AvgIpc) is 2.72. The van der Waals surface area contributed by atoms with Gasteiger partial charge in [0.15, 0.2) is 0 Å². The maximum atomic E-state index is 12.3. The van der Waals surface area contributed by atoms with Crippen LogP contribution in [-0.4, -0.2) is 16.6 Å². The van der Waals surface area contributed by atoms with Gasteiger partial charge in [0, 0.05) is 24.7 Å². The van der Waals surface area contributed by atoms with Crippen molar-refractivity contribution in [3.05, 3.63) is 58.9 Å². The summed E-state index contributed by atoms with van der Waals surface area (Å²) in [5.41, 5.74) is 3.25. The van der Waals surface area contributed by atoms with Gasteiger partial charge in [-0.15, -0.1) is 0 Å². The number of hydrogen-bond acceptors (Lipinski definition) is 2. The van der Waals surface area contributed by atoms with Gasteiger partial charge in [0.2, 0.25) is 5.78 Å². The predicted molar refractivity (Wildman–Crippen MR) is 69.8 cm³/mol. The Morgan fingerprint density at radius 1 is 1.17 bits per heavy atom. The molecule has 1 aromatic heterocycles. The molecule has 0 radical (unpaired) electrons. The van der Waals surface area contributed by atoms with Gasteiger partial charge in [-0.2, -0.15) is 0 Å². The van der Waals surface area contributed by atoms with Crippen molar-refractivity contribution >= 4 is 12.1 Å². The van der Waals surface area contributed by atoms with Gasteiger partial charge in [0.05, 0.1) is 5.69 Å². The van der Waals surface area contributed by atoms with E-state index in [0.29, 0.717) is 17.7 Å². The Labute approximate surface area is 106 Å². The van der Waals surface area contributed by atoms with Crippen LogP contribution in [0.15, 0.2) is 36.4 Å². The largest absolute Gasteiger partial charge is 0.345 e. The summed E-state index contributed by atoms with van der Waals surface area (Å²) < 4.78 is 1.77. The van der Waals surface area contributed by atoms with Gasteiger partial charge in [-0.05, 0) is 19.1 Å². The lowest BCUT2D eigenvalue weighted by atomic mass is 10.1. The normalized spacial score (nSPS) is 10.3. The van der Waals surface area contributed by atoms with Crippen molar-refractivity contribution in [1.29, 1.82) is 0 Å². The second-order valence-electron chi connectivity index (χ2n) is 4.33. The smallest absolute Gasteiger partial charge is 0.209 e. The van der Waals surface area contributed by atoms with Crippen LogP contribution in [0.2, 0.25) is 0 Å². The Hall–Kier alpha value is -2.16. The number of aromatic nitrogens is 1. The molecule has 1 aromatic carbocycles. The topological polar surface area (TPSA) is 39.1 Å². The summed E-state index contributed by atoms with van der Waals surface area (Å²) in [7, 11) is 1.81. The Morgan fingerprint density at radius 3 is 2.44 bits per heavy atom. The molecule has 18 heavy (non-hydrogen) atoms. The van der Waals surface area contributed by atoms with Gasteiger partial charge in [0.1, 0.15) is 6.29 Å². The van der Waals surface area contributed by atoms with Crippen LogP contribution in [0.4, 0.5) is 0 Å². The Kier molecular flexibility index (Phi) is 3.42. The van der Waals surface area contributed by atoms with Crippen molar-refractivity contribution in [3.8, 4) is 0 Å². The number of nitrogens with zero attached hydrogens (tertiary/aromatic N) is 1. The maximum absolute atomic E-state index is 12.3. The number of aryl methyl sites for hydroxylation is 1. The highest BCUT2D eigenvalue weighted by atomic mass is 16.1. The van der Waals surface area contributed by atoms with Gasteiger partial charge < -0.3 is 9.36 Å². The van der Waals surface area contributed by atoms with E-state index in [1.54, 1.807) is 17.7 Å². The van der Waals surface area contributed by atoms with Crippen molar-refractivity contribution in [2.24, 2.45) is 7.05 Å². The lowest BCUT2D eigenvalue weighted by molar-refractivity contribution is -0.107. The minimum Gasteiger partial charge on any atom is -0.345 e. The summed E-state index contributed by atoms with van der Waals surface area (Å²) in [6, 6.07) is 11.1. The number of carbonyl (C=O) groups is 2. The zero-order valence-corrected chi connectivity index (χ0v) is 10.5. The number of hydrogen-bond donors (Lipinski definition) is 0. The van der Waals surface area contributed by atoms with Crippen molar-refractivity contribution in [1.82, 2.24) is 4.57 Å². The van der Waals surface area contributed by atoms with Crippen molar-refractivity contribution in [3.63, 3.8) is 0 Å². The third-order valence-corrected chi connectivity index (χ3v) is 3.06. The van der Waals surface area contributed by atoms with Gasteiger partial charge in [-0.1, -0.05) is 29.8 Å². The zero-order chi connectivity index (χ0) is 13.1. The van der Waals surface area contributed by atoms with Crippen LogP contribution in [0.1, 0.15) is 27.3 Å². The van der Waals surface area contributed by atoms with E-state index in [9.17, 15) is 9.59 Å². The van der Waals surface area contributed by atoms with Crippen LogP contribution in [0.3, 0.4) is 0 Å². The molecule has 0 unspecified atom stereocenters. The predicted octanol–water partition coefficient (Wildman–Crippen LogP) is 2.31. The molecule has 3 heteroatoms. The molecule has 0 amide bonds. The Bertz CT molecular complexity index is 579. The molecule has 1 heterocycles. The molecule has 92 valence electrons. The number of benzene rings is 1. The number of rotatable bonds is 4. The summed E-state index contributed by atoms with van der Waals surface area (Å²) in [5, 5.41) is 0. The van der Waals surface area contributed by atoms with Crippen LogP contribution in [0.5, 0.6) is 0 Å². The van der Waals surface area contributed by atoms with Crippen LogP contribution in [0.25, 0.3) is 0 Å². The Morgan fingerprint density at radius 2 is 1.83 bits per heavy atom. The molecule has 0 saturated heterocycles. The lowest BCUT2D eigenvalue weighted by Crippen LogP contribution is -2.09. The van der Waals surface area contributed by atoms with E-state index in [1.807, 2.05) is 37.3 Å². The molecule has 0 bridgehead atoms. The van der Waals surface area contributed by atoms with E-state index in [4.69, 9.17) is 0 Å². The Balaban J connectivity index is 2.34. The molecular formula is C15H15NO2. The minimum atomic E-state index is -0.0188. The summed E-state index contributed by atoms with van der Waals surface area (Å²) >= 11 is 0. The molecule has 2 aromatic rings. The molecule has 0 saturated carbocycles. The molecule has 3 nitrogen and oxygen atoms in total. The van der Waals surface area contributed by atoms with E-state index in [0.717, 1.165) is 17.5 Å². The number of carbonyl (C=O) groups excluding carboxylic acids is 2. The van der Waals surface area contributed by atoms with Gasteiger partial charge in [-0.25, -0.2) is 0 Å². The molecule has 2 rings (SSSR count). The summed E-state index contributed by atoms with van der Waals surface area (Å²) in [6.07, 6.45) is 1.17. The second kappa shape index (κ2) is 5.00. The first-order valence-electron chi connectivity index (χ1n) is 5.83. The third-order valence-electron chi connectivity index (χ3n) is 3.06. The summed E-state index contributed by atoms with van der Waals surface area (Å²) in [5.74, 6) is -0.0188. The molecule has 0 atom stereocenters. The van der Waals surface area contributed by atoms with Gasteiger partial charge >= 0.3 is 0 Å². The molecule has 0 aliphatic rings. The van der Waals surface area contributed by atoms with Crippen molar-refractivity contribution in [2.75, 3.05) is 0 Å². The highest BCUT2D eigenvalue weighted by Gasteiger charge is 2.14. The fourth-order valence-corrected chi connectivity index (χ4v) is 1.92. The van der Waals surface area contributed by atoms with Crippen LogP contribution >= 0.6 is 0 Å². The first-order chi connectivity index (χ1) is 8.63. The van der Waals surface area contributed by atoms with E-state index >= 15 is 0 Å². The van der Waals surface area contributed by atoms with Crippen LogP contribution in [0, 0.1) is 6.92 Å². The zero-order valence-electron chi connectivity index (χ0n) is 10.5. The van der Waals surface area contributed by atoms with Crippen LogP contribution < -0.4 is 0 Å². The highest BCUT2D eigenvalue weighted by molar-refractivity contribution is 6.08. The van der Waals surface area contributed by atoms with E-state index in [-0.39, 0.29) is 5.78 Å². The third kappa shape index (κ3) is 2.25. The molecular weight excluding hydrogens is 226 g/mol. The van der Waals surface area contributed by atoms with E-state index in [1.165, 1.54) is 0 Å². The number of ketones is 1. The fraction of sp³-hybridized carbons (Fsp3) is 0.200. The molecule has 0 spiro atoms. The van der Waals surface area contributed by atoms with Gasteiger partial charge in [0.25, 0.3) is 0 Å². The van der Waals surface area contributed by atoms with Gasteiger partial charge in [-0.3, -0.25) is 4.79 Å². The first kappa shape index (κ1) is 12.3. The molecule has 0 N–H and O–H groups in total. The molecule has 0 fully saturated rings. The van der Waals surface area contributed by atoms with E-state index < -0.39 is 0 Å². The monoisotopic (exact) mass is 241 g/mol. The summed E-state index contributed by atoms with van der Waals surface area (Å²) in [6.45, 7) is 1.99. The summed E-state index contributed by atoms with van der Waals surface area (Å²) in [4.78, 5) is 22.8. The average molecular weight is 241 g/mol.